The van der Waals surface area contributed by atoms with Gasteiger partial charge in [-0.15, -0.1) is 0 Å². The maximum atomic E-state index is 12.5. The molecule has 1 amide bonds. The Morgan fingerprint density at radius 1 is 1.43 bits per heavy atom. The summed E-state index contributed by atoms with van der Waals surface area (Å²) in [5.41, 5.74) is 1.70. The van der Waals surface area contributed by atoms with E-state index < -0.39 is 0 Å². The second-order valence-corrected chi connectivity index (χ2v) is 7.67. The zero-order valence-electron chi connectivity index (χ0n) is 13.7. The molecular formula is C18H23NO3S. The lowest BCUT2D eigenvalue weighted by Gasteiger charge is -2.25. The fourth-order valence-corrected chi connectivity index (χ4v) is 4.58. The van der Waals surface area contributed by atoms with E-state index in [2.05, 4.69) is 6.92 Å². The van der Waals surface area contributed by atoms with Crippen molar-refractivity contribution in [2.45, 2.75) is 38.7 Å². The number of aryl methyl sites for hydroxylation is 1. The molecule has 5 heteroatoms. The number of carbonyl (C=O) groups is 2. The van der Waals surface area contributed by atoms with Gasteiger partial charge in [0, 0.05) is 24.4 Å². The number of carbonyl (C=O) groups excluding carboxylic acids is 2. The second-order valence-electron chi connectivity index (χ2n) is 6.56. The van der Waals surface area contributed by atoms with Crippen molar-refractivity contribution < 1.29 is 14.3 Å². The van der Waals surface area contributed by atoms with E-state index in [-0.39, 0.29) is 29.8 Å². The van der Waals surface area contributed by atoms with E-state index >= 15 is 0 Å². The molecule has 3 rings (SSSR count). The third-order valence-corrected chi connectivity index (χ3v) is 5.96. The SMILES string of the molecule is CCc1ccccc1N1C[C@@H](C(=O)O[C@]2(C)CCSC2)CC1=O. The van der Waals surface area contributed by atoms with Crippen molar-refractivity contribution in [3.8, 4) is 0 Å². The summed E-state index contributed by atoms with van der Waals surface area (Å²) in [4.78, 5) is 26.6. The molecule has 2 saturated heterocycles. The van der Waals surface area contributed by atoms with Gasteiger partial charge in [0.05, 0.1) is 5.92 Å². The van der Waals surface area contributed by atoms with E-state index in [1.807, 2.05) is 43.0 Å². The first kappa shape index (κ1) is 16.4. The van der Waals surface area contributed by atoms with Crippen LogP contribution in [0.2, 0.25) is 0 Å². The van der Waals surface area contributed by atoms with Gasteiger partial charge < -0.3 is 9.64 Å². The molecule has 2 aliphatic heterocycles. The Kier molecular flexibility index (Phi) is 4.67. The molecule has 1 aromatic rings. The monoisotopic (exact) mass is 333 g/mol. The first-order valence-corrected chi connectivity index (χ1v) is 9.37. The molecule has 2 heterocycles. The van der Waals surface area contributed by atoms with Gasteiger partial charge in [0.15, 0.2) is 0 Å². The van der Waals surface area contributed by atoms with Crippen LogP contribution in [-0.4, -0.2) is 35.5 Å². The Hall–Kier alpha value is -1.49. The second kappa shape index (κ2) is 6.56. The summed E-state index contributed by atoms with van der Waals surface area (Å²) < 4.78 is 5.73. The molecule has 0 aromatic heterocycles. The van der Waals surface area contributed by atoms with E-state index in [4.69, 9.17) is 4.74 Å². The van der Waals surface area contributed by atoms with Gasteiger partial charge in [-0.3, -0.25) is 9.59 Å². The predicted molar refractivity (Wildman–Crippen MR) is 92.7 cm³/mol. The van der Waals surface area contributed by atoms with Gasteiger partial charge in [-0.05, 0) is 37.1 Å². The summed E-state index contributed by atoms with van der Waals surface area (Å²) in [6.07, 6.45) is 2.01. The van der Waals surface area contributed by atoms with Crippen molar-refractivity contribution in [1.82, 2.24) is 0 Å². The number of amides is 1. The van der Waals surface area contributed by atoms with Crippen LogP contribution in [0.1, 0.15) is 32.3 Å². The zero-order valence-corrected chi connectivity index (χ0v) is 14.5. The number of esters is 1. The highest BCUT2D eigenvalue weighted by Gasteiger charge is 2.40. The van der Waals surface area contributed by atoms with Crippen LogP contribution in [0.5, 0.6) is 0 Å². The Morgan fingerprint density at radius 3 is 2.91 bits per heavy atom. The summed E-state index contributed by atoms with van der Waals surface area (Å²) in [6.45, 7) is 4.49. The molecule has 0 spiro atoms. The first-order valence-electron chi connectivity index (χ1n) is 8.21. The van der Waals surface area contributed by atoms with Crippen LogP contribution in [-0.2, 0) is 20.7 Å². The molecule has 2 atom stereocenters. The molecule has 2 aliphatic rings. The van der Waals surface area contributed by atoms with Crippen LogP contribution in [0.25, 0.3) is 0 Å². The Labute approximate surface area is 141 Å². The first-order chi connectivity index (χ1) is 11.0. The van der Waals surface area contributed by atoms with Crippen molar-refractivity contribution >= 4 is 29.3 Å². The van der Waals surface area contributed by atoms with Gasteiger partial charge in [-0.2, -0.15) is 11.8 Å². The van der Waals surface area contributed by atoms with Crippen molar-refractivity contribution in [1.29, 1.82) is 0 Å². The highest BCUT2D eigenvalue weighted by atomic mass is 32.2. The highest BCUT2D eigenvalue weighted by molar-refractivity contribution is 7.99. The molecule has 0 saturated carbocycles. The minimum absolute atomic E-state index is 0.0128. The standard InChI is InChI=1S/C18H23NO3S/c1-3-13-6-4-5-7-15(13)19-11-14(10-16(19)20)17(21)22-18(2)8-9-23-12-18/h4-7,14H,3,8-12H2,1-2H3/t14-,18+/m0/s1. The van der Waals surface area contributed by atoms with Crippen LogP contribution < -0.4 is 4.90 Å². The van der Waals surface area contributed by atoms with Crippen molar-refractivity contribution in [3.05, 3.63) is 29.8 Å². The van der Waals surface area contributed by atoms with Gasteiger partial charge in [-0.1, -0.05) is 25.1 Å². The third kappa shape index (κ3) is 3.39. The Bertz CT molecular complexity index is 610. The molecule has 0 aliphatic carbocycles. The number of hydrogen-bond donors (Lipinski definition) is 0. The van der Waals surface area contributed by atoms with Crippen LogP contribution in [0.3, 0.4) is 0 Å². The molecule has 23 heavy (non-hydrogen) atoms. The number of anilines is 1. The predicted octanol–water partition coefficient (Wildman–Crippen LogP) is 3.04. The summed E-state index contributed by atoms with van der Waals surface area (Å²) in [5.74, 6) is 1.32. The fourth-order valence-electron chi connectivity index (χ4n) is 3.23. The number of rotatable bonds is 4. The van der Waals surface area contributed by atoms with Crippen LogP contribution in [0.4, 0.5) is 5.69 Å². The molecule has 0 N–H and O–H groups in total. The lowest BCUT2D eigenvalue weighted by Crippen LogP contribution is -2.35. The molecular weight excluding hydrogens is 310 g/mol. The topological polar surface area (TPSA) is 46.6 Å². The maximum absolute atomic E-state index is 12.5. The van der Waals surface area contributed by atoms with E-state index in [1.165, 1.54) is 0 Å². The molecule has 0 unspecified atom stereocenters. The van der Waals surface area contributed by atoms with Crippen molar-refractivity contribution in [3.63, 3.8) is 0 Å². The number of nitrogens with zero attached hydrogens (tertiary/aromatic N) is 1. The van der Waals surface area contributed by atoms with Crippen LogP contribution in [0.15, 0.2) is 24.3 Å². The summed E-state index contributed by atoms with van der Waals surface area (Å²) in [7, 11) is 0. The smallest absolute Gasteiger partial charge is 0.311 e. The fraction of sp³-hybridized carbons (Fsp3) is 0.556. The quantitative estimate of drug-likeness (QED) is 0.795. The molecule has 0 radical (unpaired) electrons. The number of ether oxygens (including phenoxy) is 1. The Morgan fingerprint density at radius 2 is 2.22 bits per heavy atom. The van der Waals surface area contributed by atoms with Gasteiger partial charge in [-0.25, -0.2) is 0 Å². The highest BCUT2D eigenvalue weighted by Crippen LogP contribution is 2.34. The maximum Gasteiger partial charge on any atom is 0.311 e. The van der Waals surface area contributed by atoms with Crippen LogP contribution in [0, 0.1) is 5.92 Å². The Balaban J connectivity index is 1.71. The van der Waals surface area contributed by atoms with Crippen LogP contribution >= 0.6 is 11.8 Å². The summed E-state index contributed by atoms with van der Waals surface area (Å²) in [6, 6.07) is 7.90. The number of thioether (sulfide) groups is 1. The number of hydrogen-bond acceptors (Lipinski definition) is 4. The number of benzene rings is 1. The van der Waals surface area contributed by atoms with Gasteiger partial charge in [0.2, 0.25) is 5.91 Å². The van der Waals surface area contributed by atoms with E-state index in [0.717, 1.165) is 35.6 Å². The molecule has 1 aromatic carbocycles. The summed E-state index contributed by atoms with van der Waals surface area (Å²) in [5, 5.41) is 0. The lowest BCUT2D eigenvalue weighted by atomic mass is 10.1. The normalized spacial score (nSPS) is 27.5. The molecule has 4 nitrogen and oxygen atoms in total. The largest absolute Gasteiger partial charge is 0.458 e. The average molecular weight is 333 g/mol. The van der Waals surface area contributed by atoms with Gasteiger partial charge >= 0.3 is 5.97 Å². The molecule has 2 fully saturated rings. The van der Waals surface area contributed by atoms with E-state index in [9.17, 15) is 9.59 Å². The van der Waals surface area contributed by atoms with Gasteiger partial charge in [0.25, 0.3) is 0 Å². The molecule has 124 valence electrons. The average Bonchev–Trinajstić information content (AvgIpc) is 3.13. The number of para-hydroxylation sites is 1. The lowest BCUT2D eigenvalue weighted by molar-refractivity contribution is -0.160. The minimum atomic E-state index is -0.362. The van der Waals surface area contributed by atoms with E-state index in [0.29, 0.717) is 6.54 Å². The minimum Gasteiger partial charge on any atom is -0.458 e. The van der Waals surface area contributed by atoms with Gasteiger partial charge in [0.1, 0.15) is 5.60 Å². The van der Waals surface area contributed by atoms with Crippen molar-refractivity contribution in [2.75, 3.05) is 23.0 Å². The summed E-state index contributed by atoms with van der Waals surface area (Å²) >= 11 is 1.81. The zero-order chi connectivity index (χ0) is 16.4. The van der Waals surface area contributed by atoms with Crippen molar-refractivity contribution in [2.24, 2.45) is 5.92 Å². The molecule has 0 bridgehead atoms. The van der Waals surface area contributed by atoms with E-state index in [1.54, 1.807) is 4.90 Å². The third-order valence-electron chi connectivity index (χ3n) is 4.65.